The molecule has 30 heavy (non-hydrogen) atoms. The minimum Gasteiger partial charge on any atom is -0.461 e. The molecule has 2 aromatic rings. The van der Waals surface area contributed by atoms with Gasteiger partial charge in [-0.15, -0.1) is 0 Å². The number of fused-ring (bicyclic) bond motifs is 1. The number of benzene rings is 2. The fraction of sp³-hybridized carbons (Fsp3) is 0.333. The van der Waals surface area contributed by atoms with Gasteiger partial charge < -0.3 is 15.4 Å². The molecular formula is C24H27N3O3. The van der Waals surface area contributed by atoms with Crippen molar-refractivity contribution in [3.63, 3.8) is 0 Å². The second-order valence-corrected chi connectivity index (χ2v) is 8.53. The Morgan fingerprint density at radius 1 is 1.13 bits per heavy atom. The number of carbonyl (C=O) groups is 2. The number of nitrogens with one attached hydrogen (secondary N) is 2. The number of likely N-dealkylation sites (N-methyl/N-ethyl adjacent to an activating group) is 1. The molecule has 156 valence electrons. The normalized spacial score (nSPS) is 19.0. The largest absolute Gasteiger partial charge is 0.461 e. The number of allylic oxidation sites excluding steroid dienone is 2. The first kappa shape index (κ1) is 20.2. The van der Waals surface area contributed by atoms with Crippen molar-refractivity contribution in [3.8, 4) is 5.75 Å². The summed E-state index contributed by atoms with van der Waals surface area (Å²) in [5, 5.41) is 8.05. The van der Waals surface area contributed by atoms with Gasteiger partial charge in [-0.2, -0.15) is 0 Å². The van der Waals surface area contributed by atoms with Crippen molar-refractivity contribution in [2.45, 2.75) is 27.2 Å². The quantitative estimate of drug-likeness (QED) is 0.739. The molecule has 0 spiro atoms. The summed E-state index contributed by atoms with van der Waals surface area (Å²) in [6.07, 6.45) is 0.690. The lowest BCUT2D eigenvalue weighted by Gasteiger charge is -2.38. The van der Waals surface area contributed by atoms with Crippen LogP contribution in [0.1, 0.15) is 27.2 Å². The van der Waals surface area contributed by atoms with E-state index in [1.54, 1.807) is 0 Å². The van der Waals surface area contributed by atoms with E-state index in [9.17, 15) is 9.59 Å². The minimum atomic E-state index is -0.382. The summed E-state index contributed by atoms with van der Waals surface area (Å²) in [6.45, 7) is 6.75. The molecule has 1 heterocycles. The molecule has 2 N–H and O–H groups in total. The lowest BCUT2D eigenvalue weighted by atomic mass is 9.76. The van der Waals surface area contributed by atoms with Crippen LogP contribution >= 0.6 is 0 Å². The second-order valence-electron chi connectivity index (χ2n) is 8.53. The summed E-state index contributed by atoms with van der Waals surface area (Å²) in [6, 6.07) is 13.8. The van der Waals surface area contributed by atoms with E-state index in [2.05, 4.69) is 36.6 Å². The van der Waals surface area contributed by atoms with E-state index in [-0.39, 0.29) is 23.9 Å². The molecule has 1 fully saturated rings. The van der Waals surface area contributed by atoms with Gasteiger partial charge in [-0.3, -0.25) is 4.79 Å². The second kappa shape index (κ2) is 7.61. The van der Waals surface area contributed by atoms with Gasteiger partial charge in [-0.25, -0.2) is 9.69 Å². The fourth-order valence-corrected chi connectivity index (χ4v) is 4.46. The zero-order valence-corrected chi connectivity index (χ0v) is 17.8. The van der Waals surface area contributed by atoms with Gasteiger partial charge in [-0.1, -0.05) is 44.2 Å². The predicted molar refractivity (Wildman–Crippen MR) is 117 cm³/mol. The molecule has 0 saturated carbocycles. The molecule has 0 radical (unpaired) electrons. The number of rotatable bonds is 5. The van der Waals surface area contributed by atoms with Crippen molar-refractivity contribution in [2.24, 2.45) is 5.41 Å². The third-order valence-corrected chi connectivity index (χ3v) is 5.65. The molecule has 0 aromatic heterocycles. The van der Waals surface area contributed by atoms with E-state index in [0.717, 1.165) is 33.4 Å². The third-order valence-electron chi connectivity index (χ3n) is 5.65. The highest BCUT2D eigenvalue weighted by Gasteiger charge is 2.42. The SMILES string of the molecule is CNCC1=C(Oc2ccc3ccccc3c2)C(C)(C)CC(C)=C1N1C(=O)CNC1=O. The monoisotopic (exact) mass is 405 g/mol. The van der Waals surface area contributed by atoms with Crippen molar-refractivity contribution in [3.05, 3.63) is 65.1 Å². The van der Waals surface area contributed by atoms with E-state index in [1.165, 1.54) is 4.90 Å². The van der Waals surface area contributed by atoms with Gasteiger partial charge in [0, 0.05) is 17.5 Å². The Labute approximate surface area is 176 Å². The Bertz CT molecular complexity index is 1080. The number of amides is 3. The van der Waals surface area contributed by atoms with E-state index in [4.69, 9.17) is 4.74 Å². The fourth-order valence-electron chi connectivity index (χ4n) is 4.46. The smallest absolute Gasteiger partial charge is 0.329 e. The van der Waals surface area contributed by atoms with Crippen LogP contribution in [0, 0.1) is 5.41 Å². The first-order chi connectivity index (χ1) is 14.3. The number of ether oxygens (including phenoxy) is 1. The summed E-state index contributed by atoms with van der Waals surface area (Å²) >= 11 is 0. The summed E-state index contributed by atoms with van der Waals surface area (Å²) in [5.41, 5.74) is 2.20. The maximum absolute atomic E-state index is 12.5. The van der Waals surface area contributed by atoms with E-state index >= 15 is 0 Å². The van der Waals surface area contributed by atoms with Crippen LogP contribution in [0.25, 0.3) is 10.8 Å². The molecule has 0 atom stereocenters. The number of hydrogen-bond donors (Lipinski definition) is 2. The van der Waals surface area contributed by atoms with Crippen molar-refractivity contribution in [2.75, 3.05) is 20.1 Å². The number of nitrogens with zero attached hydrogens (tertiary/aromatic N) is 1. The summed E-state index contributed by atoms with van der Waals surface area (Å²) < 4.78 is 6.49. The van der Waals surface area contributed by atoms with Crippen LogP contribution < -0.4 is 15.4 Å². The van der Waals surface area contributed by atoms with Crippen LogP contribution in [0.15, 0.2) is 65.1 Å². The molecule has 2 aromatic carbocycles. The number of imide groups is 1. The molecule has 2 aliphatic rings. The lowest BCUT2D eigenvalue weighted by molar-refractivity contribution is -0.123. The van der Waals surface area contributed by atoms with Crippen LogP contribution in [0.2, 0.25) is 0 Å². The third kappa shape index (κ3) is 3.48. The molecular weight excluding hydrogens is 378 g/mol. The van der Waals surface area contributed by atoms with Crippen LogP contribution in [0.3, 0.4) is 0 Å². The maximum atomic E-state index is 12.5. The summed E-state index contributed by atoms with van der Waals surface area (Å²) in [4.78, 5) is 26.2. The minimum absolute atomic E-state index is 0.0205. The Kier molecular flexibility index (Phi) is 5.12. The molecule has 0 unspecified atom stereocenters. The van der Waals surface area contributed by atoms with Gasteiger partial charge in [0.05, 0.1) is 12.2 Å². The summed E-state index contributed by atoms with van der Waals surface area (Å²) in [7, 11) is 1.85. The van der Waals surface area contributed by atoms with E-state index in [1.807, 2.05) is 44.3 Å². The van der Waals surface area contributed by atoms with Crippen molar-refractivity contribution >= 4 is 22.7 Å². The molecule has 6 nitrogen and oxygen atoms in total. The molecule has 0 bridgehead atoms. The Morgan fingerprint density at radius 2 is 1.87 bits per heavy atom. The topological polar surface area (TPSA) is 70.7 Å². The van der Waals surface area contributed by atoms with Crippen molar-refractivity contribution < 1.29 is 14.3 Å². The average Bonchev–Trinajstić information content (AvgIpc) is 3.03. The van der Waals surface area contributed by atoms with Crippen molar-refractivity contribution in [1.82, 2.24) is 15.5 Å². The maximum Gasteiger partial charge on any atom is 0.329 e. The first-order valence-corrected chi connectivity index (χ1v) is 10.2. The average molecular weight is 405 g/mol. The zero-order valence-electron chi connectivity index (χ0n) is 17.8. The molecule has 6 heteroatoms. The first-order valence-electron chi connectivity index (χ1n) is 10.2. The number of carbonyl (C=O) groups excluding carboxylic acids is 2. The number of urea groups is 1. The number of hydrogen-bond acceptors (Lipinski definition) is 4. The van der Waals surface area contributed by atoms with Gasteiger partial charge in [-0.05, 0) is 48.9 Å². The van der Waals surface area contributed by atoms with Crippen LogP contribution in [0.5, 0.6) is 5.75 Å². The molecule has 1 saturated heterocycles. The summed E-state index contributed by atoms with van der Waals surface area (Å²) in [5.74, 6) is 1.27. The van der Waals surface area contributed by atoms with Gasteiger partial charge in [0.1, 0.15) is 11.5 Å². The van der Waals surface area contributed by atoms with Crippen LogP contribution in [0.4, 0.5) is 4.79 Å². The molecule has 4 rings (SSSR count). The van der Waals surface area contributed by atoms with Crippen molar-refractivity contribution in [1.29, 1.82) is 0 Å². The lowest BCUT2D eigenvalue weighted by Crippen LogP contribution is -2.39. The molecule has 1 aliphatic heterocycles. The Hall–Kier alpha value is -3.12. The van der Waals surface area contributed by atoms with E-state index in [0.29, 0.717) is 18.7 Å². The van der Waals surface area contributed by atoms with Crippen LogP contribution in [-0.2, 0) is 4.79 Å². The van der Waals surface area contributed by atoms with Crippen LogP contribution in [-0.4, -0.2) is 37.0 Å². The Balaban J connectivity index is 1.83. The molecule has 3 amide bonds. The van der Waals surface area contributed by atoms with E-state index < -0.39 is 0 Å². The Morgan fingerprint density at radius 3 is 2.53 bits per heavy atom. The molecule has 1 aliphatic carbocycles. The predicted octanol–water partition coefficient (Wildman–Crippen LogP) is 3.95. The highest BCUT2D eigenvalue weighted by molar-refractivity contribution is 6.04. The zero-order chi connectivity index (χ0) is 21.5. The van der Waals surface area contributed by atoms with Gasteiger partial charge >= 0.3 is 6.03 Å². The van der Waals surface area contributed by atoms with Gasteiger partial charge in [0.15, 0.2) is 0 Å². The van der Waals surface area contributed by atoms with Gasteiger partial charge in [0.25, 0.3) is 5.91 Å². The highest BCUT2D eigenvalue weighted by Crippen LogP contribution is 2.45. The van der Waals surface area contributed by atoms with Gasteiger partial charge in [0.2, 0.25) is 0 Å². The highest BCUT2D eigenvalue weighted by atomic mass is 16.5. The standard InChI is InChI=1S/C24H27N3O3/c1-15-12-24(2,3)22(30-18-10-9-16-7-5-6-8-17(16)11-18)19(13-25-4)21(15)27-20(28)14-26-23(27)29/h5-11,25H,12-14H2,1-4H3,(H,26,29).